The van der Waals surface area contributed by atoms with Crippen molar-refractivity contribution >= 4 is 11.6 Å². The highest BCUT2D eigenvalue weighted by atomic mass is 35.5. The maximum atomic E-state index is 12.5. The standard InChI is InChI=1S/C9H8ClF3O2/c10-7-3-1-2-6(4-7)8(15,5-14)9(11,12)13/h1-4,14-15H,5H2. The second-order valence-electron chi connectivity index (χ2n) is 3.03. The number of aliphatic hydroxyl groups excluding tert-OH is 1. The second-order valence-corrected chi connectivity index (χ2v) is 3.46. The van der Waals surface area contributed by atoms with E-state index in [9.17, 15) is 18.3 Å². The summed E-state index contributed by atoms with van der Waals surface area (Å²) in [6.07, 6.45) is -4.95. The summed E-state index contributed by atoms with van der Waals surface area (Å²) in [5.41, 5.74) is -3.75. The molecule has 84 valence electrons. The molecule has 6 heteroatoms. The summed E-state index contributed by atoms with van der Waals surface area (Å²) < 4.78 is 37.4. The molecule has 2 N–H and O–H groups in total. The molecule has 0 aromatic heterocycles. The average Bonchev–Trinajstić information content (AvgIpc) is 2.14. The van der Waals surface area contributed by atoms with Crippen LogP contribution in [0.3, 0.4) is 0 Å². The monoisotopic (exact) mass is 240 g/mol. The molecule has 0 spiro atoms. The van der Waals surface area contributed by atoms with Crippen molar-refractivity contribution in [3.63, 3.8) is 0 Å². The molecule has 0 aliphatic rings. The fourth-order valence-electron chi connectivity index (χ4n) is 1.09. The molecule has 0 heterocycles. The molecule has 0 fully saturated rings. The lowest BCUT2D eigenvalue weighted by Gasteiger charge is -2.28. The van der Waals surface area contributed by atoms with Gasteiger partial charge in [-0.15, -0.1) is 0 Å². The van der Waals surface area contributed by atoms with E-state index in [4.69, 9.17) is 16.7 Å². The molecule has 15 heavy (non-hydrogen) atoms. The summed E-state index contributed by atoms with van der Waals surface area (Å²) in [5, 5.41) is 18.0. The van der Waals surface area contributed by atoms with Crippen molar-refractivity contribution in [2.24, 2.45) is 0 Å². The van der Waals surface area contributed by atoms with E-state index in [1.165, 1.54) is 12.1 Å². The average molecular weight is 241 g/mol. The second kappa shape index (κ2) is 4.00. The number of hydrogen-bond donors (Lipinski definition) is 2. The van der Waals surface area contributed by atoms with Gasteiger partial charge in [0.05, 0.1) is 6.61 Å². The van der Waals surface area contributed by atoms with E-state index in [0.29, 0.717) is 0 Å². The highest BCUT2D eigenvalue weighted by Crippen LogP contribution is 2.39. The molecule has 0 bridgehead atoms. The van der Waals surface area contributed by atoms with E-state index in [2.05, 4.69) is 0 Å². The van der Waals surface area contributed by atoms with Crippen LogP contribution in [-0.2, 0) is 5.60 Å². The maximum Gasteiger partial charge on any atom is 0.423 e. The van der Waals surface area contributed by atoms with Gasteiger partial charge >= 0.3 is 6.18 Å². The molecule has 1 rings (SSSR count). The molecule has 0 radical (unpaired) electrons. The Kier molecular flexibility index (Phi) is 3.28. The van der Waals surface area contributed by atoms with Crippen molar-refractivity contribution in [2.75, 3.05) is 6.61 Å². The quantitative estimate of drug-likeness (QED) is 0.831. The lowest BCUT2D eigenvalue weighted by Crippen LogP contribution is -2.45. The number of halogens is 4. The van der Waals surface area contributed by atoms with E-state index in [-0.39, 0.29) is 5.02 Å². The van der Waals surface area contributed by atoms with E-state index in [0.717, 1.165) is 12.1 Å². The van der Waals surface area contributed by atoms with Gasteiger partial charge in [-0.2, -0.15) is 13.2 Å². The van der Waals surface area contributed by atoms with Crippen LogP contribution in [0.5, 0.6) is 0 Å². The number of alkyl halides is 3. The molecular formula is C9H8ClF3O2. The predicted molar refractivity (Wildman–Crippen MR) is 48.5 cm³/mol. The number of rotatable bonds is 2. The molecule has 1 atom stereocenters. The van der Waals surface area contributed by atoms with Crippen molar-refractivity contribution in [1.82, 2.24) is 0 Å². The first-order valence-electron chi connectivity index (χ1n) is 3.97. The van der Waals surface area contributed by atoms with Gasteiger partial charge in [-0.25, -0.2) is 0 Å². The summed E-state index contributed by atoms with van der Waals surface area (Å²) in [4.78, 5) is 0. The van der Waals surface area contributed by atoms with Gasteiger partial charge in [0.2, 0.25) is 5.60 Å². The summed E-state index contributed by atoms with van der Waals surface area (Å²) in [5.74, 6) is 0. The molecule has 1 aromatic carbocycles. The smallest absolute Gasteiger partial charge is 0.393 e. The minimum Gasteiger partial charge on any atom is -0.393 e. The van der Waals surface area contributed by atoms with Crippen LogP contribution < -0.4 is 0 Å². The van der Waals surface area contributed by atoms with E-state index in [1.54, 1.807) is 0 Å². The maximum absolute atomic E-state index is 12.5. The van der Waals surface area contributed by atoms with Gasteiger partial charge in [-0.1, -0.05) is 23.7 Å². The van der Waals surface area contributed by atoms with Gasteiger partial charge in [0.1, 0.15) is 0 Å². The number of hydrogen-bond acceptors (Lipinski definition) is 2. The zero-order chi connectivity index (χ0) is 11.7. The van der Waals surface area contributed by atoms with Gasteiger partial charge in [0.15, 0.2) is 0 Å². The van der Waals surface area contributed by atoms with Crippen molar-refractivity contribution in [1.29, 1.82) is 0 Å². The van der Waals surface area contributed by atoms with Crippen molar-refractivity contribution in [3.8, 4) is 0 Å². The van der Waals surface area contributed by atoms with Crippen LogP contribution in [0.2, 0.25) is 5.02 Å². The minimum absolute atomic E-state index is 0.0589. The number of aliphatic hydroxyl groups is 2. The number of benzene rings is 1. The van der Waals surface area contributed by atoms with Crippen LogP contribution in [0.15, 0.2) is 24.3 Å². The molecule has 0 saturated carbocycles. The molecule has 0 aliphatic heterocycles. The zero-order valence-electron chi connectivity index (χ0n) is 7.42. The van der Waals surface area contributed by atoms with Crippen molar-refractivity contribution in [2.45, 2.75) is 11.8 Å². The van der Waals surface area contributed by atoms with Crippen LogP contribution in [0.1, 0.15) is 5.56 Å². The summed E-state index contributed by atoms with van der Waals surface area (Å²) in [6, 6.07) is 4.66. The Morgan fingerprint density at radius 2 is 1.87 bits per heavy atom. The zero-order valence-corrected chi connectivity index (χ0v) is 8.18. The minimum atomic E-state index is -4.95. The fraction of sp³-hybridized carbons (Fsp3) is 0.333. The first-order valence-corrected chi connectivity index (χ1v) is 4.35. The summed E-state index contributed by atoms with van der Waals surface area (Å²) in [7, 11) is 0. The van der Waals surface area contributed by atoms with Crippen molar-refractivity contribution < 1.29 is 23.4 Å². The van der Waals surface area contributed by atoms with Gasteiger partial charge < -0.3 is 10.2 Å². The first-order chi connectivity index (χ1) is 6.81. The topological polar surface area (TPSA) is 40.5 Å². The Balaban J connectivity index is 3.23. The molecular weight excluding hydrogens is 233 g/mol. The van der Waals surface area contributed by atoms with Gasteiger partial charge in [-0.3, -0.25) is 0 Å². The molecule has 1 unspecified atom stereocenters. The highest BCUT2D eigenvalue weighted by molar-refractivity contribution is 6.30. The predicted octanol–water partition coefficient (Wildman–Crippen LogP) is 2.08. The van der Waals surface area contributed by atoms with Gasteiger partial charge in [-0.05, 0) is 17.7 Å². The van der Waals surface area contributed by atoms with Crippen LogP contribution in [0.25, 0.3) is 0 Å². The first kappa shape index (κ1) is 12.3. The van der Waals surface area contributed by atoms with Crippen LogP contribution in [0.4, 0.5) is 13.2 Å². The Labute approximate surface area is 88.9 Å². The lowest BCUT2D eigenvalue weighted by molar-refractivity contribution is -0.277. The van der Waals surface area contributed by atoms with Crippen molar-refractivity contribution in [3.05, 3.63) is 34.9 Å². The van der Waals surface area contributed by atoms with Crippen LogP contribution in [-0.4, -0.2) is 23.0 Å². The molecule has 1 aromatic rings. The Morgan fingerprint density at radius 3 is 2.27 bits per heavy atom. The third-order valence-electron chi connectivity index (χ3n) is 2.00. The van der Waals surface area contributed by atoms with Crippen LogP contribution >= 0.6 is 11.6 Å². The largest absolute Gasteiger partial charge is 0.423 e. The fourth-order valence-corrected chi connectivity index (χ4v) is 1.28. The summed E-state index contributed by atoms with van der Waals surface area (Å²) in [6.45, 7) is -1.45. The van der Waals surface area contributed by atoms with E-state index >= 15 is 0 Å². The Bertz CT molecular complexity index is 353. The van der Waals surface area contributed by atoms with Gasteiger partial charge in [0.25, 0.3) is 0 Å². The SMILES string of the molecule is OCC(O)(c1cccc(Cl)c1)C(F)(F)F. The molecule has 0 amide bonds. The van der Waals surface area contributed by atoms with Crippen LogP contribution in [0, 0.1) is 0 Å². The highest BCUT2D eigenvalue weighted by Gasteiger charge is 2.54. The molecule has 2 nitrogen and oxygen atoms in total. The van der Waals surface area contributed by atoms with E-state index in [1.807, 2.05) is 0 Å². The Morgan fingerprint density at radius 1 is 1.27 bits per heavy atom. The third kappa shape index (κ3) is 2.25. The van der Waals surface area contributed by atoms with E-state index < -0.39 is 23.9 Å². The van der Waals surface area contributed by atoms with Gasteiger partial charge in [0, 0.05) is 5.02 Å². The Hall–Kier alpha value is -0.780. The lowest BCUT2D eigenvalue weighted by atomic mass is 9.94. The molecule has 0 saturated heterocycles. The normalized spacial score (nSPS) is 16.1. The molecule has 0 aliphatic carbocycles. The summed E-state index contributed by atoms with van der Waals surface area (Å²) >= 11 is 5.50. The third-order valence-corrected chi connectivity index (χ3v) is 2.24.